The Hall–Kier alpha value is -1.52. The van der Waals surface area contributed by atoms with Crippen LogP contribution in [0.1, 0.15) is 0 Å². The summed E-state index contributed by atoms with van der Waals surface area (Å²) in [5.41, 5.74) is 11.0. The Labute approximate surface area is 58.0 Å². The number of ether oxygens (including phenoxy) is 1. The molecule has 0 fully saturated rings. The van der Waals surface area contributed by atoms with Gasteiger partial charge in [-0.25, -0.2) is 4.98 Å². The molecular weight excluding hydrogens is 132 g/mol. The van der Waals surface area contributed by atoms with Crippen molar-refractivity contribution in [2.75, 3.05) is 18.6 Å². The maximum Gasteiger partial charge on any atom is 0.318 e. The molecule has 0 aliphatic heterocycles. The molecule has 0 saturated heterocycles. The Morgan fingerprint density at radius 1 is 1.50 bits per heavy atom. The van der Waals surface area contributed by atoms with E-state index < -0.39 is 0 Å². The van der Waals surface area contributed by atoms with Crippen molar-refractivity contribution in [2.45, 2.75) is 0 Å². The van der Waals surface area contributed by atoms with Crippen LogP contribution in [0.25, 0.3) is 0 Å². The molecular formula is C5H8N4O. The van der Waals surface area contributed by atoms with Crippen molar-refractivity contribution >= 4 is 11.5 Å². The Morgan fingerprint density at radius 3 is 2.70 bits per heavy atom. The summed E-state index contributed by atoms with van der Waals surface area (Å²) in [6.45, 7) is 0. The lowest BCUT2D eigenvalue weighted by Crippen LogP contribution is -2.01. The summed E-state index contributed by atoms with van der Waals surface area (Å²) in [5.74, 6) is 0.242. The van der Waals surface area contributed by atoms with Crippen molar-refractivity contribution in [1.82, 2.24) is 9.97 Å². The maximum absolute atomic E-state index is 5.34. The molecule has 0 saturated carbocycles. The predicted octanol–water partition coefficient (Wildman–Crippen LogP) is -0.350. The summed E-state index contributed by atoms with van der Waals surface area (Å²) in [5, 5.41) is 0. The van der Waals surface area contributed by atoms with Crippen LogP contribution in [0.15, 0.2) is 6.20 Å². The second-order valence-electron chi connectivity index (χ2n) is 1.70. The van der Waals surface area contributed by atoms with Crippen LogP contribution in [0.5, 0.6) is 6.01 Å². The van der Waals surface area contributed by atoms with Crippen LogP contribution in [0, 0.1) is 0 Å². The monoisotopic (exact) mass is 140 g/mol. The number of rotatable bonds is 1. The second kappa shape index (κ2) is 2.38. The Kier molecular flexibility index (Phi) is 1.57. The van der Waals surface area contributed by atoms with Crippen LogP contribution in [0.4, 0.5) is 11.5 Å². The zero-order chi connectivity index (χ0) is 7.56. The van der Waals surface area contributed by atoms with E-state index in [1.807, 2.05) is 0 Å². The highest BCUT2D eigenvalue weighted by atomic mass is 16.5. The van der Waals surface area contributed by atoms with Crippen LogP contribution in [-0.2, 0) is 0 Å². The van der Waals surface area contributed by atoms with Crippen LogP contribution in [0.3, 0.4) is 0 Å². The highest BCUT2D eigenvalue weighted by Crippen LogP contribution is 2.11. The summed E-state index contributed by atoms with van der Waals surface area (Å²) >= 11 is 0. The van der Waals surface area contributed by atoms with Gasteiger partial charge >= 0.3 is 6.01 Å². The van der Waals surface area contributed by atoms with E-state index in [-0.39, 0.29) is 11.8 Å². The molecule has 54 valence electrons. The molecule has 10 heavy (non-hydrogen) atoms. The molecule has 0 radical (unpaired) electrons. The first-order valence-electron chi connectivity index (χ1n) is 2.66. The van der Waals surface area contributed by atoms with Gasteiger partial charge in [-0.2, -0.15) is 4.98 Å². The van der Waals surface area contributed by atoms with Crippen molar-refractivity contribution in [3.8, 4) is 6.01 Å². The molecule has 0 amide bonds. The van der Waals surface area contributed by atoms with Gasteiger partial charge in [-0.05, 0) is 0 Å². The SMILES string of the molecule is COc1ncc(N)c(N)n1. The molecule has 0 unspecified atom stereocenters. The van der Waals surface area contributed by atoms with Gasteiger partial charge in [0, 0.05) is 0 Å². The average molecular weight is 140 g/mol. The number of nitrogens with two attached hydrogens (primary N) is 2. The first kappa shape index (κ1) is 6.60. The van der Waals surface area contributed by atoms with Crippen molar-refractivity contribution in [3.63, 3.8) is 0 Å². The summed E-state index contributed by atoms with van der Waals surface area (Å²) in [4.78, 5) is 7.43. The van der Waals surface area contributed by atoms with Crippen LogP contribution in [0.2, 0.25) is 0 Å². The largest absolute Gasteiger partial charge is 0.467 e. The van der Waals surface area contributed by atoms with E-state index in [1.165, 1.54) is 13.3 Å². The number of hydrogen-bond donors (Lipinski definition) is 2. The van der Waals surface area contributed by atoms with Gasteiger partial charge in [-0.1, -0.05) is 0 Å². The third kappa shape index (κ3) is 1.07. The number of nitrogen functional groups attached to an aromatic ring is 2. The van der Waals surface area contributed by atoms with Crippen molar-refractivity contribution in [1.29, 1.82) is 0 Å². The van der Waals surface area contributed by atoms with E-state index >= 15 is 0 Å². The molecule has 5 heteroatoms. The van der Waals surface area contributed by atoms with Gasteiger partial charge in [0.05, 0.1) is 19.0 Å². The molecule has 0 aliphatic carbocycles. The van der Waals surface area contributed by atoms with E-state index in [1.54, 1.807) is 0 Å². The van der Waals surface area contributed by atoms with E-state index in [0.29, 0.717) is 5.69 Å². The number of nitrogens with zero attached hydrogens (tertiary/aromatic N) is 2. The normalized spacial score (nSPS) is 9.30. The maximum atomic E-state index is 5.34. The van der Waals surface area contributed by atoms with Crippen molar-refractivity contribution in [3.05, 3.63) is 6.20 Å². The summed E-state index contributed by atoms with van der Waals surface area (Å²) < 4.78 is 4.69. The molecule has 0 aliphatic rings. The fourth-order valence-electron chi connectivity index (χ4n) is 0.486. The van der Waals surface area contributed by atoms with E-state index in [4.69, 9.17) is 16.2 Å². The molecule has 5 nitrogen and oxygen atoms in total. The Balaban J connectivity index is 3.04. The second-order valence-corrected chi connectivity index (χ2v) is 1.70. The fourth-order valence-corrected chi connectivity index (χ4v) is 0.486. The zero-order valence-corrected chi connectivity index (χ0v) is 5.53. The highest BCUT2D eigenvalue weighted by Gasteiger charge is 1.98. The predicted molar refractivity (Wildman–Crippen MR) is 37.4 cm³/mol. The molecule has 0 atom stereocenters. The Morgan fingerprint density at radius 2 is 2.20 bits per heavy atom. The standard InChI is InChI=1S/C5H8N4O/c1-10-5-8-2-3(6)4(7)9-5/h2H,6H2,1H3,(H2,7,8,9). The van der Waals surface area contributed by atoms with Crippen LogP contribution >= 0.6 is 0 Å². The van der Waals surface area contributed by atoms with Gasteiger partial charge in [0.15, 0.2) is 5.82 Å². The minimum Gasteiger partial charge on any atom is -0.467 e. The molecule has 0 spiro atoms. The molecule has 4 N–H and O–H groups in total. The third-order valence-electron chi connectivity index (χ3n) is 1.01. The molecule has 1 heterocycles. The zero-order valence-electron chi connectivity index (χ0n) is 5.53. The van der Waals surface area contributed by atoms with Crippen molar-refractivity contribution < 1.29 is 4.74 Å². The van der Waals surface area contributed by atoms with Crippen LogP contribution in [-0.4, -0.2) is 17.1 Å². The fraction of sp³-hybridized carbons (Fsp3) is 0.200. The summed E-state index contributed by atoms with van der Waals surface area (Å²) in [7, 11) is 1.46. The topological polar surface area (TPSA) is 87.0 Å². The minimum absolute atomic E-state index is 0.228. The van der Waals surface area contributed by atoms with Gasteiger partial charge in [-0.15, -0.1) is 0 Å². The lowest BCUT2D eigenvalue weighted by Gasteiger charge is -1.99. The van der Waals surface area contributed by atoms with Gasteiger partial charge < -0.3 is 16.2 Å². The van der Waals surface area contributed by atoms with Gasteiger partial charge in [0.25, 0.3) is 0 Å². The van der Waals surface area contributed by atoms with E-state index in [9.17, 15) is 0 Å². The summed E-state index contributed by atoms with van der Waals surface area (Å²) in [6.07, 6.45) is 1.40. The quantitative estimate of drug-likeness (QED) is 0.556. The first-order chi connectivity index (χ1) is 4.74. The number of aromatic nitrogens is 2. The van der Waals surface area contributed by atoms with E-state index in [0.717, 1.165) is 0 Å². The lowest BCUT2D eigenvalue weighted by atomic mass is 10.5. The smallest absolute Gasteiger partial charge is 0.318 e. The van der Waals surface area contributed by atoms with Crippen LogP contribution < -0.4 is 16.2 Å². The van der Waals surface area contributed by atoms with E-state index in [2.05, 4.69) is 9.97 Å². The lowest BCUT2D eigenvalue weighted by molar-refractivity contribution is 0.381. The minimum atomic E-state index is 0.228. The van der Waals surface area contributed by atoms with Gasteiger partial charge in [0.2, 0.25) is 0 Å². The molecule has 0 aromatic carbocycles. The Bertz CT molecular complexity index is 237. The first-order valence-corrected chi connectivity index (χ1v) is 2.66. The van der Waals surface area contributed by atoms with Gasteiger partial charge in [0.1, 0.15) is 0 Å². The third-order valence-corrected chi connectivity index (χ3v) is 1.01. The molecule has 1 aromatic heterocycles. The molecule has 1 aromatic rings. The number of hydrogen-bond acceptors (Lipinski definition) is 5. The average Bonchev–Trinajstić information content (AvgIpc) is 1.95. The van der Waals surface area contributed by atoms with Crippen molar-refractivity contribution in [2.24, 2.45) is 0 Å². The number of methoxy groups -OCH3 is 1. The molecule has 0 bridgehead atoms. The number of anilines is 2. The highest BCUT2D eigenvalue weighted by molar-refractivity contribution is 5.56. The van der Waals surface area contributed by atoms with Gasteiger partial charge in [-0.3, -0.25) is 0 Å². The summed E-state index contributed by atoms with van der Waals surface area (Å²) in [6, 6.07) is 0.228. The molecule has 1 rings (SSSR count).